The lowest BCUT2D eigenvalue weighted by molar-refractivity contribution is -0.137. The van der Waals surface area contributed by atoms with Crippen LogP contribution in [-0.4, -0.2) is 40.5 Å². The SMILES string of the molecule is O=C(O)CCc1cccnc1NC(=O)CNC(=O)c1cccc(NC(=O)NNc2ccccc2)c1. The molecule has 0 spiro atoms. The van der Waals surface area contributed by atoms with E-state index in [0.29, 0.717) is 16.9 Å². The number of carboxylic acid groups (broad SMARTS) is 1. The molecule has 0 aliphatic heterocycles. The Morgan fingerprint density at radius 1 is 0.857 bits per heavy atom. The predicted octanol–water partition coefficient (Wildman–Crippen LogP) is 2.62. The van der Waals surface area contributed by atoms with Crippen LogP contribution in [0.4, 0.5) is 22.0 Å². The predicted molar refractivity (Wildman–Crippen MR) is 130 cm³/mol. The molecule has 0 saturated heterocycles. The first-order chi connectivity index (χ1) is 16.9. The molecule has 0 aliphatic rings. The Hall–Kier alpha value is -4.93. The molecule has 180 valence electrons. The molecule has 2 aromatic carbocycles. The lowest BCUT2D eigenvalue weighted by atomic mass is 10.1. The van der Waals surface area contributed by atoms with Gasteiger partial charge in [-0.05, 0) is 48.4 Å². The van der Waals surface area contributed by atoms with Crippen LogP contribution in [0.2, 0.25) is 0 Å². The van der Waals surface area contributed by atoms with E-state index in [1.807, 2.05) is 18.2 Å². The minimum atomic E-state index is -0.958. The second-order valence-electron chi connectivity index (χ2n) is 7.29. The third-order valence-corrected chi connectivity index (χ3v) is 4.64. The normalized spacial score (nSPS) is 10.1. The molecule has 0 unspecified atom stereocenters. The number of nitrogens with one attached hydrogen (secondary N) is 5. The number of aliphatic carboxylic acids is 1. The van der Waals surface area contributed by atoms with E-state index in [1.54, 1.807) is 42.5 Å². The van der Waals surface area contributed by atoms with Gasteiger partial charge < -0.3 is 21.1 Å². The number of hydrazine groups is 1. The number of nitrogens with zero attached hydrogens (tertiary/aromatic N) is 1. The van der Waals surface area contributed by atoms with Crippen molar-refractivity contribution in [2.24, 2.45) is 0 Å². The number of benzene rings is 2. The second-order valence-corrected chi connectivity index (χ2v) is 7.29. The Labute approximate surface area is 200 Å². The molecule has 0 atom stereocenters. The van der Waals surface area contributed by atoms with Crippen molar-refractivity contribution in [2.45, 2.75) is 12.8 Å². The lowest BCUT2D eigenvalue weighted by Gasteiger charge is -2.11. The van der Waals surface area contributed by atoms with Crippen molar-refractivity contribution >= 4 is 41.0 Å². The summed E-state index contributed by atoms with van der Waals surface area (Å²) in [5.74, 6) is -1.75. The van der Waals surface area contributed by atoms with Crippen LogP contribution >= 0.6 is 0 Å². The van der Waals surface area contributed by atoms with Crippen LogP contribution in [-0.2, 0) is 16.0 Å². The molecule has 0 aliphatic carbocycles. The molecule has 6 N–H and O–H groups in total. The van der Waals surface area contributed by atoms with Gasteiger partial charge in [-0.25, -0.2) is 9.78 Å². The van der Waals surface area contributed by atoms with E-state index in [0.717, 1.165) is 0 Å². The lowest BCUT2D eigenvalue weighted by Crippen LogP contribution is -2.34. The summed E-state index contributed by atoms with van der Waals surface area (Å²) in [6.45, 7) is -0.326. The Morgan fingerprint density at radius 3 is 2.40 bits per heavy atom. The topological polar surface area (TPSA) is 162 Å². The molecule has 0 radical (unpaired) electrons. The number of carboxylic acids is 1. The smallest absolute Gasteiger partial charge is 0.337 e. The first-order valence-electron chi connectivity index (χ1n) is 10.6. The van der Waals surface area contributed by atoms with Crippen molar-refractivity contribution in [1.29, 1.82) is 0 Å². The Bertz CT molecular complexity index is 1200. The van der Waals surface area contributed by atoms with Crippen molar-refractivity contribution < 1.29 is 24.3 Å². The van der Waals surface area contributed by atoms with Crippen LogP contribution in [0.1, 0.15) is 22.3 Å². The maximum Gasteiger partial charge on any atom is 0.337 e. The monoisotopic (exact) mass is 476 g/mol. The number of rotatable bonds is 10. The molecule has 1 heterocycles. The summed E-state index contributed by atoms with van der Waals surface area (Å²) < 4.78 is 0. The van der Waals surface area contributed by atoms with Gasteiger partial charge in [0.1, 0.15) is 5.82 Å². The fraction of sp³-hybridized carbons (Fsp3) is 0.125. The van der Waals surface area contributed by atoms with Crippen molar-refractivity contribution in [3.8, 4) is 0 Å². The standard InChI is InChI=1S/C24H24N6O5/c31-20(28-22-16(7-5-13-25-22)11-12-21(32)33)15-26-23(34)17-6-4-10-19(14-17)27-24(35)30-29-18-8-2-1-3-9-18/h1-10,13-14,29H,11-12,15H2,(H,26,34)(H,32,33)(H,25,28,31)(H2,27,30,35). The zero-order valence-electron chi connectivity index (χ0n) is 18.6. The van der Waals surface area contributed by atoms with E-state index in [2.05, 4.69) is 31.8 Å². The summed E-state index contributed by atoms with van der Waals surface area (Å²) >= 11 is 0. The molecule has 1 aromatic heterocycles. The first-order valence-corrected chi connectivity index (χ1v) is 10.6. The fourth-order valence-electron chi connectivity index (χ4n) is 2.98. The molecule has 0 fully saturated rings. The summed E-state index contributed by atoms with van der Waals surface area (Å²) in [7, 11) is 0. The summed E-state index contributed by atoms with van der Waals surface area (Å²) in [6, 6.07) is 18.1. The number of hydrogen-bond acceptors (Lipinski definition) is 6. The average molecular weight is 476 g/mol. The number of carbonyl (C=O) groups is 4. The van der Waals surface area contributed by atoms with Gasteiger partial charge in [-0.1, -0.05) is 30.3 Å². The van der Waals surface area contributed by atoms with Crippen molar-refractivity contribution in [2.75, 3.05) is 22.6 Å². The molecule has 3 rings (SSSR count). The largest absolute Gasteiger partial charge is 0.481 e. The highest BCUT2D eigenvalue weighted by atomic mass is 16.4. The molecular formula is C24H24N6O5. The number of aromatic nitrogens is 1. The summed E-state index contributed by atoms with van der Waals surface area (Å²) in [5.41, 5.74) is 7.14. The highest BCUT2D eigenvalue weighted by Gasteiger charge is 2.12. The summed E-state index contributed by atoms with van der Waals surface area (Å²) in [5, 5.41) is 16.5. The average Bonchev–Trinajstić information content (AvgIpc) is 2.86. The van der Waals surface area contributed by atoms with Crippen molar-refractivity contribution in [3.63, 3.8) is 0 Å². The van der Waals surface area contributed by atoms with Gasteiger partial charge >= 0.3 is 12.0 Å². The van der Waals surface area contributed by atoms with Crippen LogP contribution in [0.3, 0.4) is 0 Å². The van der Waals surface area contributed by atoms with Gasteiger partial charge in [-0.15, -0.1) is 0 Å². The van der Waals surface area contributed by atoms with E-state index >= 15 is 0 Å². The Balaban J connectivity index is 1.49. The fourth-order valence-corrected chi connectivity index (χ4v) is 2.98. The molecular weight excluding hydrogens is 452 g/mol. The minimum absolute atomic E-state index is 0.101. The molecule has 11 nitrogen and oxygen atoms in total. The first kappa shape index (κ1) is 24.7. The molecule has 11 heteroatoms. The van der Waals surface area contributed by atoms with Crippen LogP contribution in [0, 0.1) is 0 Å². The third-order valence-electron chi connectivity index (χ3n) is 4.64. The van der Waals surface area contributed by atoms with Gasteiger partial charge in [0.05, 0.1) is 12.2 Å². The van der Waals surface area contributed by atoms with E-state index < -0.39 is 23.8 Å². The van der Waals surface area contributed by atoms with Crippen molar-refractivity contribution in [1.82, 2.24) is 15.7 Å². The summed E-state index contributed by atoms with van der Waals surface area (Å²) in [6.07, 6.45) is 1.58. The van der Waals surface area contributed by atoms with E-state index in [9.17, 15) is 19.2 Å². The molecule has 0 bridgehead atoms. The van der Waals surface area contributed by atoms with Crippen LogP contribution in [0.5, 0.6) is 0 Å². The highest BCUT2D eigenvalue weighted by Crippen LogP contribution is 2.14. The number of hydrogen-bond donors (Lipinski definition) is 6. The van der Waals surface area contributed by atoms with Crippen LogP contribution in [0.25, 0.3) is 0 Å². The van der Waals surface area contributed by atoms with Gasteiger partial charge in [-0.2, -0.15) is 0 Å². The van der Waals surface area contributed by atoms with Gasteiger partial charge in [0.25, 0.3) is 5.91 Å². The maximum atomic E-state index is 12.5. The zero-order chi connectivity index (χ0) is 25.0. The molecule has 35 heavy (non-hydrogen) atoms. The Kier molecular flexibility index (Phi) is 8.72. The number of pyridine rings is 1. The number of para-hydroxylation sites is 1. The molecule has 3 aromatic rings. The highest BCUT2D eigenvalue weighted by molar-refractivity contribution is 6.00. The van der Waals surface area contributed by atoms with Gasteiger partial charge in [0.15, 0.2) is 0 Å². The number of anilines is 3. The number of amides is 4. The zero-order valence-corrected chi connectivity index (χ0v) is 18.6. The third kappa shape index (κ3) is 8.17. The minimum Gasteiger partial charge on any atom is -0.481 e. The van der Waals surface area contributed by atoms with Gasteiger partial charge in [0, 0.05) is 23.9 Å². The van der Waals surface area contributed by atoms with E-state index in [-0.39, 0.29) is 30.8 Å². The second kappa shape index (κ2) is 12.3. The quantitative estimate of drug-likeness (QED) is 0.245. The number of aryl methyl sites for hydroxylation is 1. The number of carbonyl (C=O) groups excluding carboxylic acids is 3. The van der Waals surface area contributed by atoms with Gasteiger partial charge in [0.2, 0.25) is 5.91 Å². The van der Waals surface area contributed by atoms with E-state index in [4.69, 9.17) is 5.11 Å². The van der Waals surface area contributed by atoms with Crippen molar-refractivity contribution in [3.05, 3.63) is 84.1 Å². The Morgan fingerprint density at radius 2 is 1.63 bits per heavy atom. The van der Waals surface area contributed by atoms with Crippen LogP contribution < -0.4 is 26.8 Å². The summed E-state index contributed by atoms with van der Waals surface area (Å²) in [4.78, 5) is 51.7. The molecule has 0 saturated carbocycles. The van der Waals surface area contributed by atoms with E-state index in [1.165, 1.54) is 12.3 Å². The number of urea groups is 1. The molecule has 4 amide bonds. The van der Waals surface area contributed by atoms with Crippen LogP contribution in [0.15, 0.2) is 72.9 Å². The van der Waals surface area contributed by atoms with Gasteiger partial charge in [-0.3, -0.25) is 25.2 Å². The maximum absolute atomic E-state index is 12.5.